The van der Waals surface area contributed by atoms with Crippen LogP contribution in [0.4, 0.5) is 0 Å². The summed E-state index contributed by atoms with van der Waals surface area (Å²) in [4.78, 5) is 24.3. The van der Waals surface area contributed by atoms with Crippen molar-refractivity contribution in [2.45, 2.75) is 26.7 Å². The van der Waals surface area contributed by atoms with Crippen LogP contribution in [0.1, 0.15) is 42.6 Å². The number of nitriles is 1. The van der Waals surface area contributed by atoms with Gasteiger partial charge in [-0.15, -0.1) is 12.6 Å². The van der Waals surface area contributed by atoms with Crippen molar-refractivity contribution in [2.75, 3.05) is 39.5 Å². The van der Waals surface area contributed by atoms with Crippen LogP contribution in [0.5, 0.6) is 0 Å². The minimum absolute atomic E-state index is 0.226. The Balaban J connectivity index is 0.000000520. The van der Waals surface area contributed by atoms with Crippen molar-refractivity contribution in [1.29, 1.82) is 5.26 Å². The molecule has 1 fully saturated rings. The number of carbonyl (C=O) groups excluding carboxylic acids is 2. The summed E-state index contributed by atoms with van der Waals surface area (Å²) in [5.41, 5.74) is 2.32. The first-order valence-electron chi connectivity index (χ1n) is 10.5. The molecule has 8 nitrogen and oxygen atoms in total. The number of dihydropyridines is 1. The molecule has 0 aliphatic carbocycles. The van der Waals surface area contributed by atoms with Gasteiger partial charge in [0.1, 0.15) is 0 Å². The molecule has 172 valence electrons. The van der Waals surface area contributed by atoms with E-state index in [9.17, 15) is 14.9 Å². The number of nitrogens with zero attached hydrogens (tertiary/aromatic N) is 1. The molecule has 0 aromatic heterocycles. The van der Waals surface area contributed by atoms with Gasteiger partial charge in [0.25, 0.3) is 0 Å². The molecule has 1 aromatic carbocycles. The predicted molar refractivity (Wildman–Crippen MR) is 123 cm³/mol. The molecule has 32 heavy (non-hydrogen) atoms. The summed E-state index contributed by atoms with van der Waals surface area (Å²) in [6, 6.07) is 8.74. The maximum atomic E-state index is 12.5. The van der Waals surface area contributed by atoms with E-state index in [4.69, 9.17) is 14.2 Å². The summed E-state index contributed by atoms with van der Waals surface area (Å²) in [5.74, 6) is -1.54. The third-order valence-corrected chi connectivity index (χ3v) is 5.11. The minimum Gasteiger partial charge on any atom is -0.463 e. The molecule has 3 rings (SSSR count). The first kappa shape index (κ1) is 25.5. The lowest BCUT2D eigenvalue weighted by Gasteiger charge is -2.28. The summed E-state index contributed by atoms with van der Waals surface area (Å²) < 4.78 is 15.1. The zero-order chi connectivity index (χ0) is 23.5. The van der Waals surface area contributed by atoms with E-state index in [2.05, 4.69) is 29.3 Å². The molecule has 0 radical (unpaired) electrons. The molecule has 9 heteroatoms. The van der Waals surface area contributed by atoms with E-state index in [0.717, 1.165) is 26.3 Å². The van der Waals surface area contributed by atoms with Crippen LogP contribution in [0, 0.1) is 11.3 Å². The fourth-order valence-corrected chi connectivity index (χ4v) is 3.63. The standard InChI is InChI=1S/C19H20N2O4S.C4H9NO/c1-4-24-18(22)13-8-6-12(7-9-13)16-14(10-20)17(26)21-11(3)15(16)19(23)25-5-2;1-3-6-4-2-5-1/h6-9,16,21,26H,4-5H2,1-3H3;5H,1-4H2. The second kappa shape index (κ2) is 12.9. The third kappa shape index (κ3) is 6.60. The van der Waals surface area contributed by atoms with E-state index >= 15 is 0 Å². The zero-order valence-corrected chi connectivity index (χ0v) is 19.5. The molecule has 2 aliphatic heterocycles. The molecule has 0 amide bonds. The number of nitrogens with one attached hydrogen (secondary N) is 2. The van der Waals surface area contributed by atoms with Gasteiger partial charge in [0.2, 0.25) is 0 Å². The van der Waals surface area contributed by atoms with Crippen LogP contribution in [-0.4, -0.2) is 51.5 Å². The maximum absolute atomic E-state index is 12.5. The summed E-state index contributed by atoms with van der Waals surface area (Å²) >= 11 is 4.33. The van der Waals surface area contributed by atoms with Gasteiger partial charge in [-0.05, 0) is 38.5 Å². The van der Waals surface area contributed by atoms with E-state index < -0.39 is 17.9 Å². The molecule has 2 heterocycles. The highest BCUT2D eigenvalue weighted by Crippen LogP contribution is 2.39. The van der Waals surface area contributed by atoms with Gasteiger partial charge in [0, 0.05) is 18.8 Å². The molecule has 1 unspecified atom stereocenters. The molecule has 2 N–H and O–H groups in total. The highest BCUT2D eigenvalue weighted by molar-refractivity contribution is 7.84. The predicted octanol–water partition coefficient (Wildman–Crippen LogP) is 2.66. The smallest absolute Gasteiger partial charge is 0.338 e. The van der Waals surface area contributed by atoms with Crippen molar-refractivity contribution in [1.82, 2.24) is 10.6 Å². The molecule has 0 saturated carbocycles. The first-order chi connectivity index (χ1) is 15.4. The quantitative estimate of drug-likeness (QED) is 0.455. The largest absolute Gasteiger partial charge is 0.463 e. The van der Waals surface area contributed by atoms with E-state index in [1.54, 1.807) is 45.0 Å². The van der Waals surface area contributed by atoms with Gasteiger partial charge in [-0.3, -0.25) is 0 Å². The monoisotopic (exact) mass is 459 g/mol. The van der Waals surface area contributed by atoms with Gasteiger partial charge in [-0.1, -0.05) is 12.1 Å². The Kier molecular flexibility index (Phi) is 10.3. The van der Waals surface area contributed by atoms with Crippen LogP contribution in [0.15, 0.2) is 46.1 Å². The van der Waals surface area contributed by atoms with Crippen LogP contribution >= 0.6 is 12.6 Å². The average Bonchev–Trinajstić information content (AvgIpc) is 2.80. The average molecular weight is 460 g/mol. The van der Waals surface area contributed by atoms with Gasteiger partial charge in [0.05, 0.1) is 60.2 Å². The van der Waals surface area contributed by atoms with Crippen molar-refractivity contribution in [3.8, 4) is 6.07 Å². The highest BCUT2D eigenvalue weighted by Gasteiger charge is 2.34. The van der Waals surface area contributed by atoms with Crippen molar-refractivity contribution >= 4 is 24.6 Å². The molecular weight excluding hydrogens is 430 g/mol. The number of benzene rings is 1. The molecule has 1 aromatic rings. The SMILES string of the molecule is C1COCCN1.CCOC(=O)C1=C(C)NC(S)=C(C#N)C1c1ccc(C(=O)OCC)cc1. The molecule has 0 bridgehead atoms. The Morgan fingerprint density at radius 1 is 1.12 bits per heavy atom. The molecule has 1 atom stereocenters. The van der Waals surface area contributed by atoms with Crippen LogP contribution in [-0.2, 0) is 19.0 Å². The van der Waals surface area contributed by atoms with Crippen molar-refractivity contribution < 1.29 is 23.8 Å². The number of morpholine rings is 1. The van der Waals surface area contributed by atoms with Crippen molar-refractivity contribution in [3.05, 3.63) is 57.3 Å². The van der Waals surface area contributed by atoms with Crippen LogP contribution in [0.2, 0.25) is 0 Å². The van der Waals surface area contributed by atoms with Crippen molar-refractivity contribution in [2.24, 2.45) is 0 Å². The topological polar surface area (TPSA) is 110 Å². The van der Waals surface area contributed by atoms with Gasteiger partial charge < -0.3 is 24.8 Å². The lowest BCUT2D eigenvalue weighted by molar-refractivity contribution is -0.138. The summed E-state index contributed by atoms with van der Waals surface area (Å²) in [6.07, 6.45) is 0. The second-order valence-corrected chi connectivity index (χ2v) is 7.34. The van der Waals surface area contributed by atoms with Gasteiger partial charge in [0.15, 0.2) is 0 Å². The summed E-state index contributed by atoms with van der Waals surface area (Å²) in [5, 5.41) is 16.1. The third-order valence-electron chi connectivity index (χ3n) is 4.76. The van der Waals surface area contributed by atoms with Crippen molar-refractivity contribution in [3.63, 3.8) is 0 Å². The highest BCUT2D eigenvalue weighted by atomic mass is 32.1. The molecule has 0 spiro atoms. The number of carbonyl (C=O) groups is 2. The van der Waals surface area contributed by atoms with E-state index in [1.807, 2.05) is 0 Å². The number of esters is 2. The number of hydrogen-bond donors (Lipinski definition) is 3. The van der Waals surface area contributed by atoms with E-state index in [-0.39, 0.29) is 13.2 Å². The Morgan fingerprint density at radius 2 is 1.72 bits per heavy atom. The van der Waals surface area contributed by atoms with E-state index in [0.29, 0.717) is 33.0 Å². The summed E-state index contributed by atoms with van der Waals surface area (Å²) in [7, 11) is 0. The van der Waals surface area contributed by atoms with Crippen LogP contribution in [0.25, 0.3) is 0 Å². The Bertz CT molecular complexity index is 903. The first-order valence-corrected chi connectivity index (χ1v) is 10.9. The molecule has 1 saturated heterocycles. The summed E-state index contributed by atoms with van der Waals surface area (Å²) in [6.45, 7) is 9.53. The normalized spacial score (nSPS) is 18.0. The lowest BCUT2D eigenvalue weighted by atomic mass is 9.82. The Morgan fingerprint density at radius 3 is 2.19 bits per heavy atom. The number of ether oxygens (including phenoxy) is 3. The van der Waals surface area contributed by atoms with Crippen LogP contribution in [0.3, 0.4) is 0 Å². The lowest BCUT2D eigenvalue weighted by Crippen LogP contribution is -2.30. The molecular formula is C23H29N3O5S. The van der Waals surface area contributed by atoms with Gasteiger partial charge in [-0.2, -0.15) is 5.26 Å². The zero-order valence-electron chi connectivity index (χ0n) is 18.6. The second-order valence-electron chi connectivity index (χ2n) is 6.90. The maximum Gasteiger partial charge on any atom is 0.338 e. The number of thiol groups is 1. The number of hydrogen-bond acceptors (Lipinski definition) is 9. The Hall–Kier alpha value is -2.80. The number of allylic oxidation sites excluding steroid dienone is 2. The fraction of sp³-hybridized carbons (Fsp3) is 0.435. The number of rotatable bonds is 5. The van der Waals surface area contributed by atoms with Crippen LogP contribution < -0.4 is 10.6 Å². The fourth-order valence-electron chi connectivity index (χ4n) is 3.28. The van der Waals surface area contributed by atoms with Gasteiger partial charge >= 0.3 is 11.9 Å². The van der Waals surface area contributed by atoms with Gasteiger partial charge in [-0.25, -0.2) is 9.59 Å². The molecule has 2 aliphatic rings. The minimum atomic E-state index is -0.621. The van der Waals surface area contributed by atoms with E-state index in [1.165, 1.54) is 0 Å². The Labute approximate surface area is 194 Å².